The van der Waals surface area contributed by atoms with E-state index in [1.165, 1.54) is 24.1 Å². The molecule has 0 atom stereocenters. The van der Waals surface area contributed by atoms with E-state index in [4.69, 9.17) is 10.5 Å². The Labute approximate surface area is 120 Å². The molecule has 7 nitrogen and oxygen atoms in total. The van der Waals surface area contributed by atoms with E-state index in [1.807, 2.05) is 0 Å². The number of anilines is 1. The monoisotopic (exact) mass is 294 g/mol. The molecule has 0 spiro atoms. The number of aromatic nitrogens is 2. The number of nitrogens with two attached hydrogens (primary N) is 1. The molecule has 1 heterocycles. The van der Waals surface area contributed by atoms with Crippen molar-refractivity contribution in [1.29, 1.82) is 0 Å². The summed E-state index contributed by atoms with van der Waals surface area (Å²) in [5.74, 6) is -0.828. The van der Waals surface area contributed by atoms with E-state index in [0.717, 1.165) is 0 Å². The van der Waals surface area contributed by atoms with Crippen molar-refractivity contribution < 1.29 is 18.6 Å². The molecule has 0 bridgehead atoms. The number of benzene rings is 1. The topological polar surface area (TPSA) is 94.5 Å². The molecular weight excluding hydrogens is 279 g/mol. The fraction of sp³-hybridized carbons (Fsp3) is 0.308. The average molecular weight is 294 g/mol. The van der Waals surface area contributed by atoms with Crippen LogP contribution in [0, 0.1) is 5.82 Å². The van der Waals surface area contributed by atoms with Crippen LogP contribution in [0.15, 0.2) is 22.8 Å². The van der Waals surface area contributed by atoms with Crippen LogP contribution in [0.4, 0.5) is 10.2 Å². The Kier molecular flexibility index (Phi) is 4.36. The highest BCUT2D eigenvalue weighted by atomic mass is 19.1. The van der Waals surface area contributed by atoms with Crippen molar-refractivity contribution in [2.24, 2.45) is 0 Å². The summed E-state index contributed by atoms with van der Waals surface area (Å²) in [5, 5.41) is 6.84. The lowest BCUT2D eigenvalue weighted by molar-refractivity contribution is 0.0742. The molecule has 1 aromatic carbocycles. The Balaban J connectivity index is 2.18. The summed E-state index contributed by atoms with van der Waals surface area (Å²) in [5.41, 5.74) is 6.07. The number of ether oxygens (including phenoxy) is 1. The van der Waals surface area contributed by atoms with Crippen LogP contribution in [-0.2, 0) is 6.54 Å². The van der Waals surface area contributed by atoms with Gasteiger partial charge in [-0.25, -0.2) is 9.02 Å². The van der Waals surface area contributed by atoms with Gasteiger partial charge in [-0.1, -0.05) is 6.07 Å². The van der Waals surface area contributed by atoms with Gasteiger partial charge in [0.2, 0.25) is 11.5 Å². The summed E-state index contributed by atoms with van der Waals surface area (Å²) in [6.07, 6.45) is 0. The lowest BCUT2D eigenvalue weighted by Crippen LogP contribution is -2.31. The fourth-order valence-electron chi connectivity index (χ4n) is 1.85. The van der Waals surface area contributed by atoms with Gasteiger partial charge >= 0.3 is 0 Å². The van der Waals surface area contributed by atoms with Crippen molar-refractivity contribution >= 4 is 11.7 Å². The molecule has 112 valence electrons. The summed E-state index contributed by atoms with van der Waals surface area (Å²) in [6, 6.07) is 4.51. The van der Waals surface area contributed by atoms with E-state index in [9.17, 15) is 9.18 Å². The average Bonchev–Trinajstić information content (AvgIpc) is 2.90. The summed E-state index contributed by atoms with van der Waals surface area (Å²) >= 11 is 0. The van der Waals surface area contributed by atoms with Gasteiger partial charge in [-0.2, -0.15) is 0 Å². The molecule has 0 unspecified atom stereocenters. The molecule has 0 saturated carbocycles. The van der Waals surface area contributed by atoms with Gasteiger partial charge in [0.1, 0.15) is 0 Å². The highest BCUT2D eigenvalue weighted by Gasteiger charge is 2.22. The number of carbonyl (C=O) groups excluding carboxylic acids is 1. The molecule has 21 heavy (non-hydrogen) atoms. The minimum Gasteiger partial charge on any atom is -0.494 e. The second kappa shape index (κ2) is 6.21. The summed E-state index contributed by atoms with van der Waals surface area (Å²) < 4.78 is 22.9. The van der Waals surface area contributed by atoms with Crippen LogP contribution in [0.2, 0.25) is 0 Å². The molecule has 0 fully saturated rings. The highest BCUT2D eigenvalue weighted by Crippen LogP contribution is 2.19. The molecule has 0 aliphatic rings. The third-order valence-corrected chi connectivity index (χ3v) is 2.98. The molecule has 1 amide bonds. The van der Waals surface area contributed by atoms with E-state index in [2.05, 4.69) is 14.9 Å². The molecule has 1 aromatic heterocycles. The maximum absolute atomic E-state index is 13.7. The van der Waals surface area contributed by atoms with E-state index >= 15 is 0 Å². The Hall–Kier alpha value is -2.64. The fourth-order valence-corrected chi connectivity index (χ4v) is 1.85. The first-order valence-corrected chi connectivity index (χ1v) is 6.26. The lowest BCUT2D eigenvalue weighted by Gasteiger charge is -2.20. The lowest BCUT2D eigenvalue weighted by atomic mass is 10.2. The SMILES string of the molecule is CCN(Cc1ccc(OC)c(F)c1)C(=O)c1nonc1N. The van der Waals surface area contributed by atoms with Crippen molar-refractivity contribution in [3.63, 3.8) is 0 Å². The molecule has 0 saturated heterocycles. The van der Waals surface area contributed by atoms with Gasteiger partial charge in [0.15, 0.2) is 11.6 Å². The van der Waals surface area contributed by atoms with E-state index in [1.54, 1.807) is 13.0 Å². The normalized spacial score (nSPS) is 10.4. The van der Waals surface area contributed by atoms with Gasteiger partial charge in [0, 0.05) is 13.1 Å². The molecule has 2 rings (SSSR count). The van der Waals surface area contributed by atoms with Gasteiger partial charge in [-0.05, 0) is 34.9 Å². The number of halogens is 1. The minimum atomic E-state index is -0.485. The van der Waals surface area contributed by atoms with Crippen LogP contribution in [0.5, 0.6) is 5.75 Å². The van der Waals surface area contributed by atoms with Crippen LogP contribution in [0.25, 0.3) is 0 Å². The Bertz CT molecular complexity index is 644. The van der Waals surface area contributed by atoms with Crippen LogP contribution in [0.1, 0.15) is 23.0 Å². The molecule has 0 aliphatic carbocycles. The smallest absolute Gasteiger partial charge is 0.280 e. The molecule has 0 radical (unpaired) electrons. The molecule has 8 heteroatoms. The van der Waals surface area contributed by atoms with Gasteiger partial charge < -0.3 is 15.4 Å². The predicted octanol–water partition coefficient (Wildman–Crippen LogP) is 1.46. The van der Waals surface area contributed by atoms with Crippen molar-refractivity contribution in [2.75, 3.05) is 19.4 Å². The van der Waals surface area contributed by atoms with Gasteiger partial charge in [-0.3, -0.25) is 4.79 Å². The first kappa shape index (κ1) is 14.8. The Morgan fingerprint density at radius 3 is 2.76 bits per heavy atom. The van der Waals surface area contributed by atoms with Gasteiger partial charge in [0.05, 0.1) is 7.11 Å². The zero-order valence-electron chi connectivity index (χ0n) is 11.7. The third-order valence-electron chi connectivity index (χ3n) is 2.98. The molecule has 2 N–H and O–H groups in total. The first-order valence-electron chi connectivity index (χ1n) is 6.26. The maximum atomic E-state index is 13.7. The summed E-state index contributed by atoms with van der Waals surface area (Å²) in [4.78, 5) is 13.7. The van der Waals surface area contributed by atoms with Crippen LogP contribution in [-0.4, -0.2) is 34.8 Å². The van der Waals surface area contributed by atoms with Crippen molar-refractivity contribution in [2.45, 2.75) is 13.5 Å². The number of carbonyl (C=O) groups is 1. The zero-order valence-corrected chi connectivity index (χ0v) is 11.7. The van der Waals surface area contributed by atoms with E-state index in [0.29, 0.717) is 12.1 Å². The Morgan fingerprint density at radius 1 is 1.48 bits per heavy atom. The summed E-state index contributed by atoms with van der Waals surface area (Å²) in [6.45, 7) is 2.41. The standard InChI is InChI=1S/C13H15FN4O3/c1-3-18(13(19)11-12(15)17-21-16-11)7-8-4-5-10(20-2)9(14)6-8/h4-6H,3,7H2,1-2H3,(H2,15,17). The largest absolute Gasteiger partial charge is 0.494 e. The molecule has 2 aromatic rings. The van der Waals surface area contributed by atoms with E-state index in [-0.39, 0.29) is 23.8 Å². The number of nitrogens with zero attached hydrogens (tertiary/aromatic N) is 3. The zero-order chi connectivity index (χ0) is 15.4. The molecular formula is C13H15FN4O3. The highest BCUT2D eigenvalue weighted by molar-refractivity contribution is 5.96. The number of nitrogen functional groups attached to an aromatic ring is 1. The number of rotatable bonds is 5. The third kappa shape index (κ3) is 3.10. The number of methoxy groups -OCH3 is 1. The van der Waals surface area contributed by atoms with Crippen LogP contribution in [0.3, 0.4) is 0 Å². The molecule has 0 aliphatic heterocycles. The summed E-state index contributed by atoms with van der Waals surface area (Å²) in [7, 11) is 1.39. The van der Waals surface area contributed by atoms with Crippen LogP contribution >= 0.6 is 0 Å². The number of hydrogen-bond donors (Lipinski definition) is 1. The quantitative estimate of drug-likeness (QED) is 0.897. The predicted molar refractivity (Wildman–Crippen MR) is 72.1 cm³/mol. The number of hydrogen-bond acceptors (Lipinski definition) is 6. The second-order valence-corrected chi connectivity index (χ2v) is 4.29. The first-order chi connectivity index (χ1) is 10.1. The second-order valence-electron chi connectivity index (χ2n) is 4.29. The number of amides is 1. The van der Waals surface area contributed by atoms with E-state index < -0.39 is 11.7 Å². The minimum absolute atomic E-state index is 0.0502. The van der Waals surface area contributed by atoms with Crippen LogP contribution < -0.4 is 10.5 Å². The van der Waals surface area contributed by atoms with Crippen molar-refractivity contribution in [3.05, 3.63) is 35.3 Å². The van der Waals surface area contributed by atoms with Crippen molar-refractivity contribution in [1.82, 2.24) is 15.2 Å². The van der Waals surface area contributed by atoms with Gasteiger partial charge in [0.25, 0.3) is 5.91 Å². The maximum Gasteiger partial charge on any atom is 0.280 e. The van der Waals surface area contributed by atoms with Crippen molar-refractivity contribution in [3.8, 4) is 5.75 Å². The van der Waals surface area contributed by atoms with Gasteiger partial charge in [-0.15, -0.1) is 0 Å². The Morgan fingerprint density at radius 2 is 2.24 bits per heavy atom.